The molecular weight excluding hydrogens is 498 g/mol. The number of aromatic nitrogens is 2. The van der Waals surface area contributed by atoms with Crippen LogP contribution in [0, 0.1) is 0 Å². The summed E-state index contributed by atoms with van der Waals surface area (Å²) in [4.78, 5) is 70.7. The number of carboxylic acid groups (broad SMARTS) is 1. The zero-order valence-corrected chi connectivity index (χ0v) is 20.4. The number of nitrogens with two attached hydrogens (primary N) is 2. The van der Waals surface area contributed by atoms with E-state index in [2.05, 4.69) is 4.98 Å². The number of imidazole rings is 1. The first-order chi connectivity index (χ1) is 18.0. The van der Waals surface area contributed by atoms with Crippen molar-refractivity contribution in [3.8, 4) is 5.88 Å². The Labute approximate surface area is 216 Å². The van der Waals surface area contributed by atoms with Gasteiger partial charge in [-0.15, -0.1) is 0 Å². The molecule has 0 fully saturated rings. The zero-order chi connectivity index (χ0) is 28.0. The van der Waals surface area contributed by atoms with Gasteiger partial charge in [-0.1, -0.05) is 47.2 Å². The summed E-state index contributed by atoms with van der Waals surface area (Å²) < 4.78 is 0.269. The first kappa shape index (κ1) is 27.8. The highest BCUT2D eigenvalue weighted by Gasteiger charge is 2.39. The zero-order valence-electron chi connectivity index (χ0n) is 20.4. The van der Waals surface area contributed by atoms with E-state index >= 15 is 0 Å². The summed E-state index contributed by atoms with van der Waals surface area (Å²) in [5.74, 6) is -5.37. The lowest BCUT2D eigenvalue weighted by atomic mass is 10.1. The van der Waals surface area contributed by atoms with Crippen LogP contribution in [-0.4, -0.2) is 55.6 Å². The van der Waals surface area contributed by atoms with Crippen LogP contribution >= 0.6 is 0 Å². The van der Waals surface area contributed by atoms with Gasteiger partial charge in [0.25, 0.3) is 5.88 Å². The van der Waals surface area contributed by atoms with Gasteiger partial charge in [0.05, 0.1) is 18.2 Å². The summed E-state index contributed by atoms with van der Waals surface area (Å²) in [6.45, 7) is 1.29. The van der Waals surface area contributed by atoms with Crippen LogP contribution < -0.4 is 26.9 Å². The fraction of sp³-hybridized carbons (Fsp3) is 0.240. The topological polar surface area (TPSA) is 211 Å². The van der Waals surface area contributed by atoms with E-state index in [0.717, 1.165) is 12.5 Å². The highest BCUT2D eigenvalue weighted by Crippen LogP contribution is 2.21. The van der Waals surface area contributed by atoms with E-state index in [1.54, 1.807) is 24.3 Å². The number of nitrogens with one attached hydrogen (secondary N) is 1. The lowest BCUT2D eigenvalue weighted by molar-refractivity contribution is -0.150. The molecule has 38 heavy (non-hydrogen) atoms. The summed E-state index contributed by atoms with van der Waals surface area (Å²) in [6, 6.07) is 11.0. The maximum absolute atomic E-state index is 13.2. The molecule has 0 saturated heterocycles. The second-order valence-corrected chi connectivity index (χ2v) is 8.40. The van der Waals surface area contributed by atoms with Crippen LogP contribution in [0.15, 0.2) is 59.4 Å². The van der Waals surface area contributed by atoms with Crippen molar-refractivity contribution in [2.75, 3.05) is 4.90 Å². The normalized spacial score (nSPS) is 12.4. The van der Waals surface area contributed by atoms with Crippen LogP contribution in [0.5, 0.6) is 5.88 Å². The van der Waals surface area contributed by atoms with Gasteiger partial charge in [0.15, 0.2) is 11.8 Å². The molecule has 7 N–H and O–H groups in total. The Bertz CT molecular complexity index is 1400. The third-order valence-electron chi connectivity index (χ3n) is 5.54. The molecule has 1 aromatic heterocycles. The molecule has 0 aliphatic rings. The first-order valence-corrected chi connectivity index (χ1v) is 11.4. The van der Waals surface area contributed by atoms with Gasteiger partial charge in [0.2, 0.25) is 5.91 Å². The number of amides is 1. The Morgan fingerprint density at radius 2 is 1.74 bits per heavy atom. The van der Waals surface area contributed by atoms with Crippen LogP contribution in [0.3, 0.4) is 0 Å². The molecule has 13 heteroatoms. The molecule has 0 unspecified atom stereocenters. The van der Waals surface area contributed by atoms with E-state index in [0.29, 0.717) is 10.5 Å². The number of H-pyrrole nitrogens is 1. The number of carbonyl (C=O) groups is 4. The monoisotopic (exact) mass is 525 g/mol. The summed E-state index contributed by atoms with van der Waals surface area (Å²) in [5, 5.41) is 19.6. The maximum Gasteiger partial charge on any atom is 0.363 e. The van der Waals surface area contributed by atoms with Gasteiger partial charge in [-0.05, 0) is 30.2 Å². The molecule has 0 saturated carbocycles. The number of para-hydroxylation sites is 1. The smallest absolute Gasteiger partial charge is 0.363 e. The Hall–Kier alpha value is -4.75. The van der Waals surface area contributed by atoms with E-state index in [-0.39, 0.29) is 29.1 Å². The summed E-state index contributed by atoms with van der Waals surface area (Å²) >= 11 is 0. The lowest BCUT2D eigenvalue weighted by Crippen LogP contribution is -2.57. The van der Waals surface area contributed by atoms with Crippen molar-refractivity contribution < 1.29 is 34.2 Å². The number of aromatic hydroxyl groups is 1. The first-order valence-electron chi connectivity index (χ1n) is 11.4. The summed E-state index contributed by atoms with van der Waals surface area (Å²) in [7, 11) is 0. The molecule has 200 valence electrons. The molecule has 1 amide bonds. The van der Waals surface area contributed by atoms with Crippen molar-refractivity contribution in [2.45, 2.75) is 38.4 Å². The number of aliphatic carboxylic acids is 1. The minimum absolute atomic E-state index is 0.0239. The Balaban J connectivity index is 1.95. The molecule has 1 heterocycles. The molecule has 0 aliphatic heterocycles. The van der Waals surface area contributed by atoms with Gasteiger partial charge in [-0.2, -0.15) is 0 Å². The maximum atomic E-state index is 13.2. The number of ketones is 1. The van der Waals surface area contributed by atoms with Crippen molar-refractivity contribution >= 4 is 29.3 Å². The minimum Gasteiger partial charge on any atom is -0.491 e. The number of aromatic amines is 1. The standard InChI is InChI=1S/C25H27N5O8/c1-14(31)21(29(17-8-3-2-4-9-17)22(34)18(27)12-20(32)33)24(36)38-30-23(35)19(28-25(30)37)11-15-6-5-7-16(10-15)13-26/h2-10,18,21,35H,11-13,26-27H2,1H3,(H,28,37)(H,32,33)/t18-,21-/m0/s1. The van der Waals surface area contributed by atoms with Crippen LogP contribution in [0.2, 0.25) is 0 Å². The summed E-state index contributed by atoms with van der Waals surface area (Å²) in [6.07, 6.45) is -0.705. The number of Topliss-reactive ketones (excluding diaryl/α,β-unsaturated/α-hetero) is 1. The Morgan fingerprint density at radius 3 is 2.34 bits per heavy atom. The number of hydrogen-bond donors (Lipinski definition) is 5. The second kappa shape index (κ2) is 12.0. The van der Waals surface area contributed by atoms with Crippen molar-refractivity contribution in [1.29, 1.82) is 0 Å². The molecular formula is C25H27N5O8. The SMILES string of the molecule is CC(=O)[C@@H](C(=O)On1c(O)c(Cc2cccc(CN)c2)[nH]c1=O)N(C(=O)[C@@H](N)CC(=O)O)c1ccccc1. The largest absolute Gasteiger partial charge is 0.491 e. The molecule has 0 bridgehead atoms. The van der Waals surface area contributed by atoms with Gasteiger partial charge in [-0.3, -0.25) is 19.3 Å². The number of rotatable bonds is 11. The highest BCUT2D eigenvalue weighted by atomic mass is 16.7. The number of nitrogens with zero attached hydrogens (tertiary/aromatic N) is 2. The third-order valence-corrected chi connectivity index (χ3v) is 5.54. The number of benzene rings is 2. The predicted molar refractivity (Wildman–Crippen MR) is 134 cm³/mol. The van der Waals surface area contributed by atoms with Gasteiger partial charge >= 0.3 is 17.6 Å². The average Bonchev–Trinajstić information content (AvgIpc) is 3.13. The molecule has 3 aromatic rings. The molecule has 0 spiro atoms. The molecule has 13 nitrogen and oxygen atoms in total. The van der Waals surface area contributed by atoms with Crippen LogP contribution in [-0.2, 0) is 32.1 Å². The number of hydrogen-bond acceptors (Lipinski definition) is 9. The van der Waals surface area contributed by atoms with E-state index < -0.39 is 53.7 Å². The van der Waals surface area contributed by atoms with E-state index in [4.69, 9.17) is 21.4 Å². The molecule has 0 radical (unpaired) electrons. The molecule has 2 atom stereocenters. The minimum atomic E-state index is -1.95. The third kappa shape index (κ3) is 6.32. The molecule has 0 aliphatic carbocycles. The average molecular weight is 526 g/mol. The van der Waals surface area contributed by atoms with E-state index in [1.165, 1.54) is 24.3 Å². The summed E-state index contributed by atoms with van der Waals surface area (Å²) in [5.41, 5.74) is 12.0. The number of anilines is 1. The fourth-order valence-electron chi connectivity index (χ4n) is 3.77. The predicted octanol–water partition coefficient (Wildman–Crippen LogP) is -0.320. The number of carbonyl (C=O) groups excluding carboxylic acids is 3. The molecule has 3 rings (SSSR count). The van der Waals surface area contributed by atoms with Gasteiger partial charge in [0.1, 0.15) is 0 Å². The number of carboxylic acids is 1. The van der Waals surface area contributed by atoms with Gasteiger partial charge in [0, 0.05) is 18.7 Å². The van der Waals surface area contributed by atoms with Crippen molar-refractivity contribution in [3.05, 3.63) is 81.9 Å². The van der Waals surface area contributed by atoms with Crippen molar-refractivity contribution in [2.24, 2.45) is 11.5 Å². The van der Waals surface area contributed by atoms with E-state index in [1.807, 2.05) is 6.07 Å². The van der Waals surface area contributed by atoms with Crippen molar-refractivity contribution in [1.82, 2.24) is 9.71 Å². The Kier molecular flexibility index (Phi) is 8.78. The van der Waals surface area contributed by atoms with Gasteiger partial charge in [-0.25, -0.2) is 9.59 Å². The van der Waals surface area contributed by atoms with Crippen LogP contribution in [0.1, 0.15) is 30.2 Å². The second-order valence-electron chi connectivity index (χ2n) is 8.40. The highest BCUT2D eigenvalue weighted by molar-refractivity contribution is 6.13. The van der Waals surface area contributed by atoms with Crippen LogP contribution in [0.25, 0.3) is 0 Å². The lowest BCUT2D eigenvalue weighted by Gasteiger charge is -2.30. The van der Waals surface area contributed by atoms with E-state index in [9.17, 15) is 29.1 Å². The fourth-order valence-corrected chi connectivity index (χ4v) is 3.77. The van der Waals surface area contributed by atoms with Gasteiger partial charge < -0.3 is 31.5 Å². The van der Waals surface area contributed by atoms with Crippen molar-refractivity contribution in [3.63, 3.8) is 0 Å². The molecule has 2 aromatic carbocycles. The quantitative estimate of drug-likeness (QED) is 0.206. The van der Waals surface area contributed by atoms with Crippen LogP contribution in [0.4, 0.5) is 5.69 Å². The Morgan fingerprint density at radius 1 is 1.08 bits per heavy atom.